The number of carbonyl (C=O) groups is 3. The third-order valence-corrected chi connectivity index (χ3v) is 5.08. The van der Waals surface area contributed by atoms with Crippen molar-refractivity contribution in [3.63, 3.8) is 0 Å². The van der Waals surface area contributed by atoms with Crippen LogP contribution in [0.2, 0.25) is 0 Å². The van der Waals surface area contributed by atoms with Crippen molar-refractivity contribution in [1.29, 1.82) is 0 Å². The molecule has 0 bridgehead atoms. The SMILES string of the molecule is O=C(O)CC(Cc1ccccc1)NC(=O)c1cccc2c1-c1ccccc1C2=O. The molecule has 1 aliphatic carbocycles. The summed E-state index contributed by atoms with van der Waals surface area (Å²) in [7, 11) is 0. The lowest BCUT2D eigenvalue weighted by molar-refractivity contribution is -0.137. The molecule has 0 aliphatic heterocycles. The second-order valence-corrected chi connectivity index (χ2v) is 7.06. The molecule has 1 amide bonds. The standard InChI is InChI=1S/C24H19NO4/c26-21(27)14-16(13-15-7-2-1-3-8-15)25-24(29)20-12-6-11-19-22(20)17-9-4-5-10-18(17)23(19)28/h1-12,16H,13-14H2,(H,25,29)(H,26,27). The summed E-state index contributed by atoms with van der Waals surface area (Å²) in [6.45, 7) is 0. The van der Waals surface area contributed by atoms with E-state index in [-0.39, 0.29) is 18.1 Å². The first kappa shape index (κ1) is 18.6. The van der Waals surface area contributed by atoms with Gasteiger partial charge in [0.25, 0.3) is 5.91 Å². The van der Waals surface area contributed by atoms with Crippen molar-refractivity contribution in [2.45, 2.75) is 18.9 Å². The van der Waals surface area contributed by atoms with Crippen LogP contribution in [0.25, 0.3) is 11.1 Å². The van der Waals surface area contributed by atoms with Crippen LogP contribution in [-0.2, 0) is 11.2 Å². The number of benzene rings is 3. The van der Waals surface area contributed by atoms with E-state index in [1.165, 1.54) is 0 Å². The van der Waals surface area contributed by atoms with Gasteiger partial charge in [0.05, 0.1) is 6.42 Å². The summed E-state index contributed by atoms with van der Waals surface area (Å²) in [6, 6.07) is 21.1. The van der Waals surface area contributed by atoms with Gasteiger partial charge < -0.3 is 10.4 Å². The molecule has 144 valence electrons. The van der Waals surface area contributed by atoms with Crippen LogP contribution in [0, 0.1) is 0 Å². The molecule has 5 heteroatoms. The summed E-state index contributed by atoms with van der Waals surface area (Å²) < 4.78 is 0. The number of carbonyl (C=O) groups excluding carboxylic acids is 2. The van der Waals surface area contributed by atoms with Crippen LogP contribution in [0.1, 0.15) is 38.3 Å². The van der Waals surface area contributed by atoms with Gasteiger partial charge in [-0.25, -0.2) is 0 Å². The number of hydrogen-bond acceptors (Lipinski definition) is 3. The first-order valence-corrected chi connectivity index (χ1v) is 9.38. The lowest BCUT2D eigenvalue weighted by atomic mass is 9.97. The van der Waals surface area contributed by atoms with Gasteiger partial charge in [0.15, 0.2) is 5.78 Å². The van der Waals surface area contributed by atoms with E-state index in [2.05, 4.69) is 5.32 Å². The Morgan fingerprint density at radius 1 is 0.828 bits per heavy atom. The molecule has 29 heavy (non-hydrogen) atoms. The smallest absolute Gasteiger partial charge is 0.305 e. The fourth-order valence-corrected chi connectivity index (χ4v) is 3.81. The average Bonchev–Trinajstić information content (AvgIpc) is 3.01. The number of hydrogen-bond donors (Lipinski definition) is 2. The van der Waals surface area contributed by atoms with Crippen molar-refractivity contribution in [3.05, 3.63) is 95.1 Å². The molecule has 0 spiro atoms. The van der Waals surface area contributed by atoms with Crippen LogP contribution in [0.3, 0.4) is 0 Å². The molecule has 1 atom stereocenters. The fraction of sp³-hybridized carbons (Fsp3) is 0.125. The molecular weight excluding hydrogens is 366 g/mol. The number of aliphatic carboxylic acids is 1. The Morgan fingerprint density at radius 3 is 2.21 bits per heavy atom. The Balaban J connectivity index is 1.65. The molecule has 2 N–H and O–H groups in total. The Hall–Kier alpha value is -3.73. The van der Waals surface area contributed by atoms with Crippen LogP contribution >= 0.6 is 0 Å². The van der Waals surface area contributed by atoms with Crippen molar-refractivity contribution in [2.24, 2.45) is 0 Å². The minimum Gasteiger partial charge on any atom is -0.481 e. The zero-order valence-electron chi connectivity index (χ0n) is 15.6. The number of carboxylic acids is 1. The molecule has 3 aromatic carbocycles. The quantitative estimate of drug-likeness (QED) is 0.530. The van der Waals surface area contributed by atoms with Gasteiger partial charge in [-0.1, -0.05) is 66.7 Å². The molecule has 3 aromatic rings. The molecular formula is C24H19NO4. The highest BCUT2D eigenvalue weighted by atomic mass is 16.4. The maximum absolute atomic E-state index is 13.1. The van der Waals surface area contributed by atoms with E-state index in [4.69, 9.17) is 0 Å². The Bertz CT molecular complexity index is 1100. The first-order valence-electron chi connectivity index (χ1n) is 9.38. The average molecular weight is 385 g/mol. The van der Waals surface area contributed by atoms with Gasteiger partial charge in [0, 0.05) is 28.3 Å². The summed E-state index contributed by atoms with van der Waals surface area (Å²) in [5.74, 6) is -1.46. The second kappa shape index (κ2) is 7.72. The number of carboxylic acid groups (broad SMARTS) is 1. The molecule has 0 fully saturated rings. The topological polar surface area (TPSA) is 83.5 Å². The van der Waals surface area contributed by atoms with Crippen molar-refractivity contribution < 1.29 is 19.5 Å². The van der Waals surface area contributed by atoms with Crippen molar-refractivity contribution >= 4 is 17.7 Å². The monoisotopic (exact) mass is 385 g/mol. The summed E-state index contributed by atoms with van der Waals surface area (Å²) in [4.78, 5) is 37.1. The van der Waals surface area contributed by atoms with Gasteiger partial charge in [-0.05, 0) is 23.6 Å². The molecule has 1 aliphatic rings. The maximum atomic E-state index is 13.1. The van der Waals surface area contributed by atoms with Crippen LogP contribution in [-0.4, -0.2) is 28.8 Å². The summed E-state index contributed by atoms with van der Waals surface area (Å²) in [5.41, 5.74) is 3.74. The highest BCUT2D eigenvalue weighted by Crippen LogP contribution is 2.38. The van der Waals surface area contributed by atoms with Gasteiger partial charge in [-0.15, -0.1) is 0 Å². The number of nitrogens with one attached hydrogen (secondary N) is 1. The van der Waals surface area contributed by atoms with Crippen LogP contribution in [0.4, 0.5) is 0 Å². The van der Waals surface area contributed by atoms with E-state index in [0.717, 1.165) is 11.1 Å². The molecule has 5 nitrogen and oxygen atoms in total. The largest absolute Gasteiger partial charge is 0.481 e. The third kappa shape index (κ3) is 3.67. The van der Waals surface area contributed by atoms with Crippen molar-refractivity contribution in [2.75, 3.05) is 0 Å². The van der Waals surface area contributed by atoms with E-state index in [0.29, 0.717) is 28.7 Å². The van der Waals surface area contributed by atoms with Gasteiger partial charge in [0.1, 0.15) is 0 Å². The van der Waals surface area contributed by atoms with Crippen molar-refractivity contribution in [3.8, 4) is 11.1 Å². The number of fused-ring (bicyclic) bond motifs is 3. The number of amides is 1. The predicted octanol–water partition coefficient (Wildman–Crippen LogP) is 3.71. The van der Waals surface area contributed by atoms with E-state index >= 15 is 0 Å². The van der Waals surface area contributed by atoms with Crippen LogP contribution in [0.15, 0.2) is 72.8 Å². The maximum Gasteiger partial charge on any atom is 0.305 e. The second-order valence-electron chi connectivity index (χ2n) is 7.06. The molecule has 0 aromatic heterocycles. The number of ketones is 1. The van der Waals surface area contributed by atoms with E-state index in [1.807, 2.05) is 42.5 Å². The Kier molecular flexibility index (Phi) is 4.96. The van der Waals surface area contributed by atoms with Gasteiger partial charge >= 0.3 is 5.97 Å². The molecule has 0 radical (unpaired) electrons. The molecule has 4 rings (SSSR count). The van der Waals surface area contributed by atoms with Crippen LogP contribution < -0.4 is 5.32 Å². The minimum atomic E-state index is -0.981. The zero-order valence-corrected chi connectivity index (χ0v) is 15.6. The molecule has 0 saturated carbocycles. The molecule has 0 saturated heterocycles. The number of rotatable bonds is 6. The highest BCUT2D eigenvalue weighted by molar-refractivity contribution is 6.24. The van der Waals surface area contributed by atoms with Crippen molar-refractivity contribution in [1.82, 2.24) is 5.32 Å². The molecule has 1 unspecified atom stereocenters. The van der Waals surface area contributed by atoms with Gasteiger partial charge in [-0.3, -0.25) is 14.4 Å². The lowest BCUT2D eigenvalue weighted by Crippen LogP contribution is -2.38. The lowest BCUT2D eigenvalue weighted by Gasteiger charge is -2.18. The molecule has 0 heterocycles. The van der Waals surface area contributed by atoms with E-state index in [9.17, 15) is 19.5 Å². The third-order valence-electron chi connectivity index (χ3n) is 5.08. The van der Waals surface area contributed by atoms with E-state index < -0.39 is 12.0 Å². The van der Waals surface area contributed by atoms with Crippen LogP contribution in [0.5, 0.6) is 0 Å². The van der Waals surface area contributed by atoms with E-state index in [1.54, 1.807) is 30.3 Å². The Labute approximate surface area is 168 Å². The summed E-state index contributed by atoms with van der Waals surface area (Å²) >= 11 is 0. The minimum absolute atomic E-state index is 0.100. The normalized spacial score (nSPS) is 12.8. The first-order chi connectivity index (χ1) is 14.0. The highest BCUT2D eigenvalue weighted by Gasteiger charge is 2.30. The van der Waals surface area contributed by atoms with Gasteiger partial charge in [0.2, 0.25) is 0 Å². The fourth-order valence-electron chi connectivity index (χ4n) is 3.81. The summed E-state index contributed by atoms with van der Waals surface area (Å²) in [5, 5.41) is 12.1. The Morgan fingerprint density at radius 2 is 1.48 bits per heavy atom. The zero-order chi connectivity index (χ0) is 20.4. The predicted molar refractivity (Wildman–Crippen MR) is 109 cm³/mol. The van der Waals surface area contributed by atoms with Gasteiger partial charge in [-0.2, -0.15) is 0 Å². The summed E-state index contributed by atoms with van der Waals surface area (Å²) in [6.07, 6.45) is 0.217.